The second-order valence-corrected chi connectivity index (χ2v) is 7.03. The number of amides is 1. The molecule has 0 saturated carbocycles. The van der Waals surface area contributed by atoms with Gasteiger partial charge in [-0.2, -0.15) is 0 Å². The molecule has 2 N–H and O–H groups in total. The summed E-state index contributed by atoms with van der Waals surface area (Å²) in [7, 11) is 0. The van der Waals surface area contributed by atoms with Gasteiger partial charge in [-0.1, -0.05) is 91.0 Å². The number of carbonyl (C=O) groups excluding carboxylic acids is 1. The van der Waals surface area contributed by atoms with Gasteiger partial charge >= 0.3 is 5.97 Å². The minimum absolute atomic E-state index is 0.297. The lowest BCUT2D eigenvalue weighted by molar-refractivity contribution is -0.142. The zero-order valence-electron chi connectivity index (χ0n) is 16.2. The Morgan fingerprint density at radius 3 is 1.72 bits per heavy atom. The van der Waals surface area contributed by atoms with Crippen molar-refractivity contribution in [1.29, 1.82) is 0 Å². The molecule has 0 saturated heterocycles. The molecule has 0 spiro atoms. The molecular formula is C25H25NO3. The Balaban J connectivity index is 1.71. The second kappa shape index (κ2) is 10.2. The molecule has 0 bridgehead atoms. The summed E-state index contributed by atoms with van der Waals surface area (Å²) in [5.41, 5.74) is 2.84. The summed E-state index contributed by atoms with van der Waals surface area (Å²) < 4.78 is 0. The number of benzene rings is 3. The third-order valence-corrected chi connectivity index (χ3v) is 4.94. The average molecular weight is 387 g/mol. The van der Waals surface area contributed by atoms with Crippen LogP contribution in [-0.2, 0) is 16.0 Å². The Kier molecular flexibility index (Phi) is 7.17. The van der Waals surface area contributed by atoms with Gasteiger partial charge in [-0.25, -0.2) is 4.79 Å². The summed E-state index contributed by atoms with van der Waals surface area (Å²) in [6.07, 6.45) is 1.84. The maximum atomic E-state index is 13.1. The first-order valence-electron chi connectivity index (χ1n) is 9.82. The molecule has 29 heavy (non-hydrogen) atoms. The van der Waals surface area contributed by atoms with E-state index in [-0.39, 0.29) is 5.91 Å². The maximum absolute atomic E-state index is 13.1. The standard InChI is InChI=1S/C25H25NO3/c27-24(23(20-14-6-2-7-15-20)21-16-8-3-9-17-21)26-22(25(28)29)18-10-13-19-11-4-1-5-12-19/h1-9,11-12,14-17,22-23H,10,13,18H2,(H,26,27)(H,28,29)/t22-/m1/s1. The van der Waals surface area contributed by atoms with E-state index < -0.39 is 17.9 Å². The predicted octanol–water partition coefficient (Wildman–Crippen LogP) is 4.41. The first kappa shape index (κ1) is 20.3. The number of aryl methyl sites for hydroxylation is 1. The van der Waals surface area contributed by atoms with Gasteiger partial charge in [0, 0.05) is 0 Å². The number of hydrogen-bond donors (Lipinski definition) is 2. The molecule has 0 aliphatic carbocycles. The van der Waals surface area contributed by atoms with E-state index in [4.69, 9.17) is 0 Å². The Labute approximate surface area is 171 Å². The molecule has 1 atom stereocenters. The smallest absolute Gasteiger partial charge is 0.326 e. The molecule has 4 heteroatoms. The van der Waals surface area contributed by atoms with Crippen LogP contribution in [0.25, 0.3) is 0 Å². The number of hydrogen-bond acceptors (Lipinski definition) is 2. The normalized spacial score (nSPS) is 11.8. The Morgan fingerprint density at radius 2 is 1.24 bits per heavy atom. The highest BCUT2D eigenvalue weighted by atomic mass is 16.4. The van der Waals surface area contributed by atoms with Gasteiger partial charge in [0.1, 0.15) is 6.04 Å². The van der Waals surface area contributed by atoms with Gasteiger partial charge in [0.05, 0.1) is 5.92 Å². The highest BCUT2D eigenvalue weighted by Crippen LogP contribution is 2.25. The minimum atomic E-state index is -1.01. The zero-order chi connectivity index (χ0) is 20.5. The fourth-order valence-electron chi connectivity index (χ4n) is 3.45. The van der Waals surface area contributed by atoms with Gasteiger partial charge in [0.25, 0.3) is 0 Å². The first-order chi connectivity index (χ1) is 14.1. The largest absolute Gasteiger partial charge is 0.480 e. The molecule has 0 fully saturated rings. The van der Waals surface area contributed by atoms with Gasteiger partial charge in [-0.05, 0) is 36.0 Å². The van der Waals surface area contributed by atoms with Crippen LogP contribution in [0.1, 0.15) is 35.4 Å². The van der Waals surface area contributed by atoms with Crippen molar-refractivity contribution in [2.24, 2.45) is 0 Å². The molecule has 3 rings (SSSR count). The minimum Gasteiger partial charge on any atom is -0.480 e. The van der Waals surface area contributed by atoms with Crippen molar-refractivity contribution in [1.82, 2.24) is 5.32 Å². The molecule has 0 unspecified atom stereocenters. The molecular weight excluding hydrogens is 362 g/mol. The fraction of sp³-hybridized carbons (Fsp3) is 0.200. The van der Waals surface area contributed by atoms with Crippen molar-refractivity contribution in [3.05, 3.63) is 108 Å². The fourth-order valence-corrected chi connectivity index (χ4v) is 3.45. The van der Waals surface area contributed by atoms with E-state index in [1.54, 1.807) is 0 Å². The lowest BCUT2D eigenvalue weighted by Gasteiger charge is -2.21. The predicted molar refractivity (Wildman–Crippen MR) is 114 cm³/mol. The number of carbonyl (C=O) groups is 2. The number of nitrogens with one attached hydrogen (secondary N) is 1. The summed E-state index contributed by atoms with van der Waals surface area (Å²) in [5.74, 6) is -1.85. The van der Waals surface area contributed by atoms with E-state index in [0.29, 0.717) is 12.8 Å². The van der Waals surface area contributed by atoms with Crippen LogP contribution in [0.2, 0.25) is 0 Å². The van der Waals surface area contributed by atoms with Crippen LogP contribution in [-0.4, -0.2) is 23.0 Å². The van der Waals surface area contributed by atoms with Crippen molar-refractivity contribution >= 4 is 11.9 Å². The average Bonchev–Trinajstić information content (AvgIpc) is 2.75. The molecule has 4 nitrogen and oxygen atoms in total. The topological polar surface area (TPSA) is 66.4 Å². The molecule has 3 aromatic carbocycles. The monoisotopic (exact) mass is 387 g/mol. The number of carboxylic acids is 1. The third-order valence-electron chi connectivity index (χ3n) is 4.94. The van der Waals surface area contributed by atoms with Gasteiger partial charge in [-0.15, -0.1) is 0 Å². The number of rotatable bonds is 9. The molecule has 0 aliphatic rings. The lowest BCUT2D eigenvalue weighted by Crippen LogP contribution is -2.43. The lowest BCUT2D eigenvalue weighted by atomic mass is 9.90. The van der Waals surface area contributed by atoms with E-state index in [0.717, 1.165) is 23.1 Å². The van der Waals surface area contributed by atoms with E-state index in [1.807, 2.05) is 91.0 Å². The summed E-state index contributed by atoms with van der Waals surface area (Å²) >= 11 is 0. The van der Waals surface area contributed by atoms with Gasteiger partial charge in [0.2, 0.25) is 5.91 Å². The Morgan fingerprint density at radius 1 is 0.759 bits per heavy atom. The SMILES string of the molecule is O=C(N[C@H](CCCc1ccccc1)C(=O)O)C(c1ccccc1)c1ccccc1. The molecule has 3 aromatic rings. The summed E-state index contributed by atoms with van der Waals surface area (Å²) in [6, 6.07) is 27.9. The molecule has 0 aliphatic heterocycles. The third kappa shape index (κ3) is 5.79. The highest BCUT2D eigenvalue weighted by molar-refractivity contribution is 5.90. The van der Waals surface area contributed by atoms with Crippen LogP contribution in [0.3, 0.4) is 0 Å². The van der Waals surface area contributed by atoms with Crippen molar-refractivity contribution in [3.63, 3.8) is 0 Å². The van der Waals surface area contributed by atoms with E-state index >= 15 is 0 Å². The van der Waals surface area contributed by atoms with Crippen molar-refractivity contribution in [2.75, 3.05) is 0 Å². The van der Waals surface area contributed by atoms with Crippen LogP contribution in [0.5, 0.6) is 0 Å². The highest BCUT2D eigenvalue weighted by Gasteiger charge is 2.27. The molecule has 1 amide bonds. The van der Waals surface area contributed by atoms with Gasteiger partial charge < -0.3 is 10.4 Å². The quantitative estimate of drug-likeness (QED) is 0.571. The van der Waals surface area contributed by atoms with Gasteiger partial charge in [-0.3, -0.25) is 4.79 Å². The Hall–Kier alpha value is -3.40. The number of carboxylic acid groups (broad SMARTS) is 1. The van der Waals surface area contributed by atoms with E-state index in [9.17, 15) is 14.7 Å². The van der Waals surface area contributed by atoms with E-state index in [2.05, 4.69) is 5.32 Å². The van der Waals surface area contributed by atoms with Crippen LogP contribution >= 0.6 is 0 Å². The van der Waals surface area contributed by atoms with Gasteiger partial charge in [0.15, 0.2) is 0 Å². The summed E-state index contributed by atoms with van der Waals surface area (Å²) in [6.45, 7) is 0. The van der Waals surface area contributed by atoms with Crippen LogP contribution in [0.4, 0.5) is 0 Å². The van der Waals surface area contributed by atoms with Crippen LogP contribution in [0.15, 0.2) is 91.0 Å². The van der Waals surface area contributed by atoms with Crippen molar-refractivity contribution in [3.8, 4) is 0 Å². The Bertz CT molecular complexity index is 871. The van der Waals surface area contributed by atoms with Crippen LogP contribution < -0.4 is 5.32 Å². The molecule has 148 valence electrons. The molecule has 0 radical (unpaired) electrons. The summed E-state index contributed by atoms with van der Waals surface area (Å²) in [4.78, 5) is 24.9. The zero-order valence-corrected chi connectivity index (χ0v) is 16.2. The second-order valence-electron chi connectivity index (χ2n) is 7.03. The van der Waals surface area contributed by atoms with E-state index in [1.165, 1.54) is 0 Å². The van der Waals surface area contributed by atoms with Crippen molar-refractivity contribution < 1.29 is 14.7 Å². The van der Waals surface area contributed by atoms with Crippen LogP contribution in [0, 0.1) is 0 Å². The first-order valence-corrected chi connectivity index (χ1v) is 9.82. The van der Waals surface area contributed by atoms with Crippen molar-refractivity contribution in [2.45, 2.75) is 31.2 Å². The molecule has 0 aromatic heterocycles. The summed E-state index contributed by atoms with van der Waals surface area (Å²) in [5, 5.41) is 12.4. The number of aliphatic carboxylic acids is 1. The molecule has 0 heterocycles. The maximum Gasteiger partial charge on any atom is 0.326 e.